The Morgan fingerprint density at radius 3 is 2.47 bits per heavy atom. The molecule has 4 rings (SSSR count). The number of amides is 1. The lowest BCUT2D eigenvalue weighted by Gasteiger charge is -2.13. The second-order valence-electron chi connectivity index (χ2n) is 8.77. The van der Waals surface area contributed by atoms with E-state index in [1.807, 2.05) is 32.9 Å². The molecule has 2 heterocycles. The molecule has 0 saturated carbocycles. The highest BCUT2D eigenvalue weighted by molar-refractivity contribution is 6.05. The van der Waals surface area contributed by atoms with Gasteiger partial charge in [-0.1, -0.05) is 17.3 Å². The first-order valence-electron chi connectivity index (χ1n) is 11.1. The number of Topliss-reactive ketones (excluding diaryl/α,β-unsaturated/α-hetero) is 1. The first-order valence-corrected chi connectivity index (χ1v) is 11.1. The summed E-state index contributed by atoms with van der Waals surface area (Å²) in [6.45, 7) is 7.08. The first kappa shape index (κ1) is 23.3. The van der Waals surface area contributed by atoms with Gasteiger partial charge in [-0.05, 0) is 75.2 Å². The van der Waals surface area contributed by atoms with Gasteiger partial charge in [0.2, 0.25) is 0 Å². The minimum absolute atomic E-state index is 0.0451. The second-order valence-corrected chi connectivity index (χ2v) is 8.77. The number of hydrogen-bond donors (Lipinski definition) is 1. The van der Waals surface area contributed by atoms with Crippen molar-refractivity contribution in [3.8, 4) is 11.1 Å². The number of nitrogens with one attached hydrogen (secondary N) is 1. The van der Waals surface area contributed by atoms with Crippen molar-refractivity contribution in [2.75, 3.05) is 0 Å². The predicted octanol–water partition coefficient (Wildman–Crippen LogP) is 5.40. The van der Waals surface area contributed by atoms with Crippen LogP contribution < -0.4 is 5.32 Å². The molecule has 7 heteroatoms. The average Bonchev–Trinajstić information content (AvgIpc) is 3.29. The standard InChI is InChI=1S/C27H26FN3O3/c1-15(2)30-27(33)21-11-19(22-7-5-16(3)9-23(22)28)10-20(12-21)25-13-26(34-31-25)24-8-6-18(14-29-24)17(4)32/h5-12,14-15,26H,13H2,1-4H3,(H,30,33). The highest BCUT2D eigenvalue weighted by atomic mass is 19.1. The van der Waals surface area contributed by atoms with Crippen LogP contribution in [0.25, 0.3) is 11.1 Å². The number of benzene rings is 2. The van der Waals surface area contributed by atoms with Crippen molar-refractivity contribution in [2.24, 2.45) is 5.16 Å². The van der Waals surface area contributed by atoms with Gasteiger partial charge in [-0.25, -0.2) is 4.39 Å². The number of oxime groups is 1. The summed E-state index contributed by atoms with van der Waals surface area (Å²) in [5, 5.41) is 7.13. The molecule has 1 unspecified atom stereocenters. The summed E-state index contributed by atoms with van der Waals surface area (Å²) >= 11 is 0. The second kappa shape index (κ2) is 9.55. The summed E-state index contributed by atoms with van der Waals surface area (Å²) in [7, 11) is 0. The number of ketones is 1. The molecule has 2 aromatic carbocycles. The summed E-state index contributed by atoms with van der Waals surface area (Å²) in [6.07, 6.45) is 1.54. The molecular formula is C27H26FN3O3. The molecule has 34 heavy (non-hydrogen) atoms. The van der Waals surface area contributed by atoms with Gasteiger partial charge >= 0.3 is 0 Å². The third-order valence-corrected chi connectivity index (χ3v) is 5.58. The van der Waals surface area contributed by atoms with Crippen LogP contribution >= 0.6 is 0 Å². The maximum absolute atomic E-state index is 14.8. The Hall–Kier alpha value is -3.87. The van der Waals surface area contributed by atoms with Crippen molar-refractivity contribution in [1.82, 2.24) is 10.3 Å². The minimum Gasteiger partial charge on any atom is -0.385 e. The number of carbonyl (C=O) groups excluding carboxylic acids is 2. The van der Waals surface area contributed by atoms with Gasteiger partial charge in [-0.2, -0.15) is 0 Å². The van der Waals surface area contributed by atoms with Gasteiger partial charge in [-0.3, -0.25) is 14.6 Å². The molecule has 0 saturated heterocycles. The fraction of sp³-hybridized carbons (Fsp3) is 0.259. The molecule has 0 aliphatic carbocycles. The molecule has 0 spiro atoms. The van der Waals surface area contributed by atoms with Gasteiger partial charge in [-0.15, -0.1) is 0 Å². The van der Waals surface area contributed by atoms with E-state index in [1.54, 1.807) is 30.3 Å². The number of halogens is 1. The molecule has 1 N–H and O–H groups in total. The van der Waals surface area contributed by atoms with E-state index >= 15 is 0 Å². The Balaban J connectivity index is 1.68. The molecule has 0 fully saturated rings. The summed E-state index contributed by atoms with van der Waals surface area (Å²) in [6, 6.07) is 13.7. The van der Waals surface area contributed by atoms with Crippen LogP contribution in [0.15, 0.2) is 59.9 Å². The zero-order valence-corrected chi connectivity index (χ0v) is 19.6. The van der Waals surface area contributed by atoms with Crippen molar-refractivity contribution < 1.29 is 18.8 Å². The lowest BCUT2D eigenvalue weighted by Crippen LogP contribution is -2.30. The SMILES string of the molecule is CC(=O)c1ccc(C2CC(c3cc(C(=O)NC(C)C)cc(-c4ccc(C)cc4F)c3)=NO2)nc1. The average molecular weight is 460 g/mol. The van der Waals surface area contributed by atoms with E-state index in [4.69, 9.17) is 4.84 Å². The van der Waals surface area contributed by atoms with Gasteiger partial charge in [0.05, 0.1) is 11.4 Å². The predicted molar refractivity (Wildman–Crippen MR) is 128 cm³/mol. The minimum atomic E-state index is -0.413. The van der Waals surface area contributed by atoms with Crippen LogP contribution in [0, 0.1) is 12.7 Å². The van der Waals surface area contributed by atoms with Crippen LogP contribution in [0.5, 0.6) is 0 Å². The summed E-state index contributed by atoms with van der Waals surface area (Å²) in [4.78, 5) is 34.3. The Morgan fingerprint density at radius 1 is 1.06 bits per heavy atom. The number of hydrogen-bond acceptors (Lipinski definition) is 5. The molecule has 0 radical (unpaired) electrons. The number of nitrogens with zero attached hydrogens (tertiary/aromatic N) is 2. The van der Waals surface area contributed by atoms with Crippen molar-refractivity contribution in [2.45, 2.75) is 46.3 Å². The largest absolute Gasteiger partial charge is 0.385 e. The number of pyridine rings is 1. The number of carbonyl (C=O) groups is 2. The molecule has 174 valence electrons. The number of aryl methyl sites for hydroxylation is 1. The third-order valence-electron chi connectivity index (χ3n) is 5.58. The van der Waals surface area contributed by atoms with Crippen molar-refractivity contribution in [3.63, 3.8) is 0 Å². The van der Waals surface area contributed by atoms with Crippen molar-refractivity contribution >= 4 is 17.4 Å². The zero-order valence-electron chi connectivity index (χ0n) is 19.6. The highest BCUT2D eigenvalue weighted by Crippen LogP contribution is 2.32. The third kappa shape index (κ3) is 5.03. The van der Waals surface area contributed by atoms with Gasteiger partial charge in [0.25, 0.3) is 5.91 Å². The van der Waals surface area contributed by atoms with E-state index < -0.39 is 6.10 Å². The van der Waals surface area contributed by atoms with Gasteiger partial charge in [0.15, 0.2) is 11.9 Å². The van der Waals surface area contributed by atoms with Crippen LogP contribution in [0.2, 0.25) is 0 Å². The van der Waals surface area contributed by atoms with Crippen molar-refractivity contribution in [1.29, 1.82) is 0 Å². The van der Waals surface area contributed by atoms with E-state index in [0.717, 1.165) is 5.56 Å². The summed E-state index contributed by atoms with van der Waals surface area (Å²) < 4.78 is 14.8. The van der Waals surface area contributed by atoms with Crippen LogP contribution in [0.3, 0.4) is 0 Å². The van der Waals surface area contributed by atoms with Gasteiger partial charge in [0, 0.05) is 40.9 Å². The van der Waals surface area contributed by atoms with Gasteiger partial charge in [0.1, 0.15) is 5.82 Å². The van der Waals surface area contributed by atoms with Crippen LogP contribution in [-0.4, -0.2) is 28.4 Å². The summed E-state index contributed by atoms with van der Waals surface area (Å²) in [5.41, 5.74) is 4.71. The normalized spacial score (nSPS) is 15.1. The first-order chi connectivity index (χ1) is 16.2. The lowest BCUT2D eigenvalue weighted by atomic mass is 9.94. The quantitative estimate of drug-likeness (QED) is 0.500. The molecule has 3 aromatic rings. The number of rotatable bonds is 6. The smallest absolute Gasteiger partial charge is 0.251 e. The molecule has 6 nitrogen and oxygen atoms in total. The Kier molecular flexibility index (Phi) is 6.54. The maximum Gasteiger partial charge on any atom is 0.251 e. The monoisotopic (exact) mass is 459 g/mol. The molecular weight excluding hydrogens is 433 g/mol. The van der Waals surface area contributed by atoms with Crippen LogP contribution in [-0.2, 0) is 4.84 Å². The van der Waals surface area contributed by atoms with Crippen molar-refractivity contribution in [3.05, 3.63) is 88.5 Å². The topological polar surface area (TPSA) is 80.7 Å². The van der Waals surface area contributed by atoms with E-state index in [0.29, 0.717) is 45.6 Å². The zero-order chi connectivity index (χ0) is 24.4. The highest BCUT2D eigenvalue weighted by Gasteiger charge is 2.26. The molecule has 1 amide bonds. The Morgan fingerprint density at radius 2 is 1.82 bits per heavy atom. The van der Waals surface area contributed by atoms with Gasteiger partial charge < -0.3 is 10.2 Å². The number of aromatic nitrogens is 1. The fourth-order valence-corrected chi connectivity index (χ4v) is 3.79. The Labute approximate surface area is 197 Å². The van der Waals surface area contributed by atoms with E-state index in [9.17, 15) is 14.0 Å². The molecule has 0 bridgehead atoms. The molecule has 1 aromatic heterocycles. The maximum atomic E-state index is 14.8. The molecule has 1 aliphatic heterocycles. The molecule has 1 aliphatic rings. The van der Waals surface area contributed by atoms with E-state index in [-0.39, 0.29) is 23.5 Å². The lowest BCUT2D eigenvalue weighted by molar-refractivity contribution is 0.0824. The van der Waals surface area contributed by atoms with Crippen LogP contribution in [0.1, 0.15) is 70.8 Å². The Bertz CT molecular complexity index is 1280. The van der Waals surface area contributed by atoms with E-state index in [1.165, 1.54) is 19.2 Å². The molecule has 1 atom stereocenters. The van der Waals surface area contributed by atoms with E-state index in [2.05, 4.69) is 15.5 Å². The van der Waals surface area contributed by atoms with Crippen LogP contribution in [0.4, 0.5) is 4.39 Å². The summed E-state index contributed by atoms with van der Waals surface area (Å²) in [5.74, 6) is -0.663. The fourth-order valence-electron chi connectivity index (χ4n) is 3.79.